The zero-order valence-electron chi connectivity index (χ0n) is 15.2. The summed E-state index contributed by atoms with van der Waals surface area (Å²) >= 11 is 3.44. The normalized spacial score (nSPS) is 12.1. The summed E-state index contributed by atoms with van der Waals surface area (Å²) in [5, 5.41) is 12.0. The number of hydrogen-bond acceptors (Lipinski definition) is 4. The van der Waals surface area contributed by atoms with E-state index in [4.69, 9.17) is 9.47 Å². The Morgan fingerprint density at radius 2 is 1.93 bits per heavy atom. The predicted molar refractivity (Wildman–Crippen MR) is 112 cm³/mol. The van der Waals surface area contributed by atoms with Crippen LogP contribution in [-0.4, -0.2) is 22.2 Å². The summed E-state index contributed by atoms with van der Waals surface area (Å²) in [6.45, 7) is 0.377. The van der Waals surface area contributed by atoms with E-state index in [9.17, 15) is 5.11 Å². The fraction of sp³-hybridized carbons (Fsp3) is 0.136. The number of rotatable bonds is 6. The number of aliphatic hydroxyl groups is 1. The SMILES string of the molecule is COc1cccc(C(O)c2c[nH]c3ncc(Br)cc23)c1OCc1ccccc1. The molecule has 0 spiro atoms. The number of fused-ring (bicyclic) bond motifs is 1. The topological polar surface area (TPSA) is 67.4 Å². The van der Waals surface area contributed by atoms with Gasteiger partial charge in [0.2, 0.25) is 0 Å². The highest BCUT2D eigenvalue weighted by molar-refractivity contribution is 9.10. The molecule has 5 nitrogen and oxygen atoms in total. The number of aliphatic hydroxyl groups excluding tert-OH is 1. The molecule has 4 aromatic rings. The molecule has 0 aliphatic carbocycles. The van der Waals surface area contributed by atoms with Crippen molar-refractivity contribution in [2.75, 3.05) is 7.11 Å². The Bertz CT molecular complexity index is 1100. The Morgan fingerprint density at radius 1 is 1.11 bits per heavy atom. The zero-order chi connectivity index (χ0) is 19.5. The molecule has 0 fully saturated rings. The highest BCUT2D eigenvalue weighted by atomic mass is 79.9. The molecule has 0 amide bonds. The second-order valence-corrected chi connectivity index (χ2v) is 7.26. The molecule has 0 radical (unpaired) electrons. The van der Waals surface area contributed by atoms with Crippen LogP contribution in [-0.2, 0) is 6.61 Å². The summed E-state index contributed by atoms with van der Waals surface area (Å²) in [4.78, 5) is 7.45. The van der Waals surface area contributed by atoms with Crippen LogP contribution in [0.1, 0.15) is 22.8 Å². The van der Waals surface area contributed by atoms with E-state index in [1.807, 2.05) is 54.6 Å². The number of H-pyrrole nitrogens is 1. The molecule has 142 valence electrons. The molecular formula is C22H19BrN2O3. The van der Waals surface area contributed by atoms with Gasteiger partial charge in [-0.25, -0.2) is 4.98 Å². The van der Waals surface area contributed by atoms with E-state index in [1.54, 1.807) is 19.5 Å². The number of aromatic nitrogens is 2. The molecule has 0 bridgehead atoms. The quantitative estimate of drug-likeness (QED) is 0.444. The van der Waals surface area contributed by atoms with E-state index in [0.29, 0.717) is 29.3 Å². The van der Waals surface area contributed by atoms with Gasteiger partial charge in [0.25, 0.3) is 0 Å². The second-order valence-electron chi connectivity index (χ2n) is 6.35. The number of para-hydroxylation sites is 1. The molecule has 2 aromatic heterocycles. The maximum atomic E-state index is 11.2. The first-order valence-electron chi connectivity index (χ1n) is 8.81. The Balaban J connectivity index is 1.72. The van der Waals surface area contributed by atoms with Crippen LogP contribution in [0.5, 0.6) is 11.5 Å². The smallest absolute Gasteiger partial charge is 0.167 e. The number of pyridine rings is 1. The van der Waals surface area contributed by atoms with Crippen molar-refractivity contribution < 1.29 is 14.6 Å². The fourth-order valence-corrected chi connectivity index (χ4v) is 3.52. The third-order valence-electron chi connectivity index (χ3n) is 4.57. The molecule has 0 aliphatic heterocycles. The molecule has 6 heteroatoms. The van der Waals surface area contributed by atoms with Crippen molar-refractivity contribution in [1.82, 2.24) is 9.97 Å². The van der Waals surface area contributed by atoms with Crippen LogP contribution < -0.4 is 9.47 Å². The minimum atomic E-state index is -0.897. The van der Waals surface area contributed by atoms with Crippen molar-refractivity contribution in [2.24, 2.45) is 0 Å². The number of aromatic amines is 1. The van der Waals surface area contributed by atoms with E-state index in [0.717, 1.165) is 21.0 Å². The summed E-state index contributed by atoms with van der Waals surface area (Å²) in [6.07, 6.45) is 2.59. The molecule has 2 N–H and O–H groups in total. The number of methoxy groups -OCH3 is 1. The molecular weight excluding hydrogens is 420 g/mol. The Kier molecular flexibility index (Phi) is 5.32. The van der Waals surface area contributed by atoms with E-state index in [-0.39, 0.29) is 0 Å². The Hall–Kier alpha value is -2.83. The minimum Gasteiger partial charge on any atom is -0.493 e. The summed E-state index contributed by atoms with van der Waals surface area (Å²) in [7, 11) is 1.59. The van der Waals surface area contributed by atoms with Crippen molar-refractivity contribution in [3.05, 3.63) is 88.2 Å². The average Bonchev–Trinajstić information content (AvgIpc) is 3.15. The lowest BCUT2D eigenvalue weighted by Gasteiger charge is -2.18. The second kappa shape index (κ2) is 8.04. The highest BCUT2D eigenvalue weighted by Gasteiger charge is 2.22. The molecule has 0 aliphatic rings. The molecule has 28 heavy (non-hydrogen) atoms. The van der Waals surface area contributed by atoms with Gasteiger partial charge in [0.15, 0.2) is 11.5 Å². The van der Waals surface area contributed by atoms with E-state index >= 15 is 0 Å². The molecule has 1 atom stereocenters. The van der Waals surface area contributed by atoms with Crippen LogP contribution in [0, 0.1) is 0 Å². The van der Waals surface area contributed by atoms with Gasteiger partial charge in [-0.05, 0) is 33.6 Å². The summed E-state index contributed by atoms with van der Waals surface area (Å²) in [6, 6.07) is 17.3. The standard InChI is InChI=1S/C22H19BrN2O3/c1-27-19-9-5-8-16(21(19)28-13-14-6-3-2-4-7-14)20(26)18-12-25-22-17(18)10-15(23)11-24-22/h2-12,20,26H,13H2,1H3,(H,24,25). The molecule has 4 rings (SSSR count). The lowest BCUT2D eigenvalue weighted by Crippen LogP contribution is -2.06. The summed E-state index contributed by atoms with van der Waals surface area (Å²) < 4.78 is 12.4. The largest absolute Gasteiger partial charge is 0.493 e. The predicted octanol–water partition coefficient (Wildman–Crippen LogP) is 4.99. The number of halogens is 1. The number of nitrogens with one attached hydrogen (secondary N) is 1. The van der Waals surface area contributed by atoms with Gasteiger partial charge >= 0.3 is 0 Å². The van der Waals surface area contributed by atoms with Crippen molar-refractivity contribution in [1.29, 1.82) is 0 Å². The van der Waals surface area contributed by atoms with E-state index in [1.165, 1.54) is 0 Å². The van der Waals surface area contributed by atoms with Crippen molar-refractivity contribution >= 4 is 27.0 Å². The highest BCUT2D eigenvalue weighted by Crippen LogP contribution is 2.39. The molecule has 2 aromatic carbocycles. The van der Waals surface area contributed by atoms with E-state index in [2.05, 4.69) is 25.9 Å². The van der Waals surface area contributed by atoms with Gasteiger partial charge in [-0.3, -0.25) is 0 Å². The van der Waals surface area contributed by atoms with Crippen molar-refractivity contribution in [3.8, 4) is 11.5 Å². The number of nitrogens with zero attached hydrogens (tertiary/aromatic N) is 1. The molecule has 0 saturated heterocycles. The van der Waals surface area contributed by atoms with Gasteiger partial charge in [-0.1, -0.05) is 42.5 Å². The maximum Gasteiger partial charge on any atom is 0.167 e. The summed E-state index contributed by atoms with van der Waals surface area (Å²) in [5.41, 5.74) is 3.11. The molecule has 2 heterocycles. The van der Waals surface area contributed by atoms with Gasteiger partial charge in [-0.2, -0.15) is 0 Å². The Labute approximate surface area is 171 Å². The number of hydrogen-bond donors (Lipinski definition) is 2. The van der Waals surface area contributed by atoms with Gasteiger partial charge in [0, 0.05) is 33.4 Å². The monoisotopic (exact) mass is 438 g/mol. The van der Waals surface area contributed by atoms with Crippen molar-refractivity contribution in [2.45, 2.75) is 12.7 Å². The first-order chi connectivity index (χ1) is 13.7. The fourth-order valence-electron chi connectivity index (χ4n) is 3.19. The third kappa shape index (κ3) is 3.61. The number of benzene rings is 2. The van der Waals surface area contributed by atoms with E-state index < -0.39 is 6.10 Å². The zero-order valence-corrected chi connectivity index (χ0v) is 16.8. The van der Waals surface area contributed by atoms with Gasteiger partial charge in [0.05, 0.1) is 7.11 Å². The van der Waals surface area contributed by atoms with Crippen LogP contribution in [0.4, 0.5) is 0 Å². The first kappa shape index (κ1) is 18.5. The van der Waals surface area contributed by atoms with Crippen LogP contribution in [0.15, 0.2) is 71.5 Å². The first-order valence-corrected chi connectivity index (χ1v) is 9.61. The van der Waals surface area contributed by atoms with Crippen LogP contribution in [0.25, 0.3) is 11.0 Å². The van der Waals surface area contributed by atoms with Crippen molar-refractivity contribution in [3.63, 3.8) is 0 Å². The minimum absolute atomic E-state index is 0.377. The van der Waals surface area contributed by atoms with Crippen LogP contribution in [0.3, 0.4) is 0 Å². The van der Waals surface area contributed by atoms with Crippen LogP contribution in [0.2, 0.25) is 0 Å². The Morgan fingerprint density at radius 3 is 2.71 bits per heavy atom. The average molecular weight is 439 g/mol. The number of ether oxygens (including phenoxy) is 2. The maximum absolute atomic E-state index is 11.2. The lowest BCUT2D eigenvalue weighted by molar-refractivity contribution is 0.207. The summed E-state index contributed by atoms with van der Waals surface area (Å²) in [5.74, 6) is 1.10. The molecule has 0 saturated carbocycles. The van der Waals surface area contributed by atoms with Gasteiger partial charge in [0.1, 0.15) is 18.4 Å². The lowest BCUT2D eigenvalue weighted by atomic mass is 10.0. The third-order valence-corrected chi connectivity index (χ3v) is 5.01. The molecule has 1 unspecified atom stereocenters. The van der Waals surface area contributed by atoms with Crippen LogP contribution >= 0.6 is 15.9 Å². The van der Waals surface area contributed by atoms with Gasteiger partial charge in [-0.15, -0.1) is 0 Å². The van der Waals surface area contributed by atoms with Gasteiger partial charge < -0.3 is 19.6 Å².